The number of quaternary nitrogens is 1. The predicted octanol–water partition coefficient (Wildman–Crippen LogP) is 5.36. The Labute approximate surface area is 201 Å². The van der Waals surface area contributed by atoms with Gasteiger partial charge in [0.25, 0.3) is 0 Å². The van der Waals surface area contributed by atoms with Gasteiger partial charge in [-0.15, -0.1) is 0 Å². The number of carbonyl (C=O) groups is 2. The molecule has 0 amide bonds. The van der Waals surface area contributed by atoms with Crippen molar-refractivity contribution in [2.45, 2.75) is 106 Å². The first-order valence-electron chi connectivity index (χ1n) is 13.5. The van der Waals surface area contributed by atoms with Crippen LogP contribution >= 0.6 is 0 Å². The minimum atomic E-state index is -0.158. The molecule has 0 saturated heterocycles. The van der Waals surface area contributed by atoms with Crippen molar-refractivity contribution in [2.24, 2.45) is 33.5 Å². The minimum Gasteiger partial charge on any atom is -0.458 e. The molecular formula is C28H48NO4+. The second-order valence-electron chi connectivity index (χ2n) is 13.5. The van der Waals surface area contributed by atoms with Crippen LogP contribution in [0.2, 0.25) is 0 Å². The fraction of sp³-hybridized carbons (Fsp3) is 0.929. The average Bonchev–Trinajstić information content (AvgIpc) is 3.25. The minimum absolute atomic E-state index is 0.00228. The highest BCUT2D eigenvalue weighted by atomic mass is 16.6. The second-order valence-corrected chi connectivity index (χ2v) is 13.5. The number of rotatable bonds is 8. The molecule has 188 valence electrons. The zero-order valence-electron chi connectivity index (χ0n) is 22.5. The van der Waals surface area contributed by atoms with E-state index in [0.717, 1.165) is 25.7 Å². The van der Waals surface area contributed by atoms with Crippen LogP contribution in [0.5, 0.6) is 0 Å². The molecule has 0 aromatic rings. The lowest BCUT2D eigenvalue weighted by Crippen LogP contribution is -2.55. The van der Waals surface area contributed by atoms with E-state index in [1.807, 2.05) is 0 Å². The van der Waals surface area contributed by atoms with Gasteiger partial charge in [0.2, 0.25) is 0 Å². The van der Waals surface area contributed by atoms with Crippen molar-refractivity contribution in [1.82, 2.24) is 0 Å². The zero-order valence-corrected chi connectivity index (χ0v) is 22.5. The molecule has 0 aliphatic heterocycles. The number of esters is 2. The van der Waals surface area contributed by atoms with Gasteiger partial charge in [0.05, 0.1) is 13.1 Å². The highest BCUT2D eigenvalue weighted by Gasteiger charge is 2.64. The number of likely N-dealkylation sites (N-methyl/N-ethyl adjacent to an activating group) is 1. The largest absolute Gasteiger partial charge is 0.458 e. The summed E-state index contributed by atoms with van der Waals surface area (Å²) in [5.41, 5.74) is 0.552. The van der Waals surface area contributed by atoms with Crippen LogP contribution in [0.4, 0.5) is 0 Å². The normalized spacial score (nSPS) is 40.2. The summed E-state index contributed by atoms with van der Waals surface area (Å²) < 4.78 is 12.7. The molecule has 0 spiro atoms. The van der Waals surface area contributed by atoms with Gasteiger partial charge in [-0.25, -0.2) is 9.59 Å². The Hall–Kier alpha value is -1.10. The number of hydrogen-bond donors (Lipinski definition) is 0. The standard InChI is InChI=1S/C28H48NO4/c1-9-29(10-2,17-23(30)32-21-15-19-11-13-27(21,7)25(19,3)4)18-24(31)33-22-16-20-12-14-28(22,8)26(20,5)6/h19-22H,9-18H2,1-8H3/q+1/t19-,20-,21+,22+,27-,28+/m1/s1. The molecule has 4 fully saturated rings. The van der Waals surface area contributed by atoms with Crippen LogP contribution in [0.3, 0.4) is 0 Å². The molecule has 0 aromatic heterocycles. The first-order chi connectivity index (χ1) is 15.2. The number of carbonyl (C=O) groups excluding carboxylic acids is 2. The van der Waals surface area contributed by atoms with E-state index in [1.54, 1.807) is 0 Å². The molecular weight excluding hydrogens is 414 g/mol. The molecule has 0 heterocycles. The Kier molecular flexibility index (Phi) is 6.03. The fourth-order valence-electron chi connectivity index (χ4n) is 8.28. The highest BCUT2D eigenvalue weighted by molar-refractivity contribution is 5.73. The van der Waals surface area contributed by atoms with Crippen LogP contribution in [-0.2, 0) is 19.1 Å². The van der Waals surface area contributed by atoms with Crippen molar-refractivity contribution in [2.75, 3.05) is 26.2 Å². The Morgan fingerprint density at radius 1 is 0.727 bits per heavy atom. The van der Waals surface area contributed by atoms with E-state index in [0.29, 0.717) is 29.4 Å². The van der Waals surface area contributed by atoms with Crippen LogP contribution in [0, 0.1) is 33.5 Å². The Morgan fingerprint density at radius 2 is 1.09 bits per heavy atom. The summed E-state index contributed by atoms with van der Waals surface area (Å²) in [7, 11) is 0. The molecule has 5 heteroatoms. The summed E-state index contributed by atoms with van der Waals surface area (Å²) in [5, 5.41) is 0. The van der Waals surface area contributed by atoms with Crippen molar-refractivity contribution in [3.63, 3.8) is 0 Å². The Morgan fingerprint density at radius 3 is 1.33 bits per heavy atom. The van der Waals surface area contributed by atoms with Gasteiger partial charge in [0, 0.05) is 10.8 Å². The molecule has 4 bridgehead atoms. The van der Waals surface area contributed by atoms with E-state index in [2.05, 4.69) is 55.4 Å². The van der Waals surface area contributed by atoms with E-state index in [1.165, 1.54) is 12.8 Å². The van der Waals surface area contributed by atoms with Gasteiger partial charge in [-0.2, -0.15) is 0 Å². The zero-order chi connectivity index (χ0) is 24.4. The fourth-order valence-corrected chi connectivity index (χ4v) is 8.28. The topological polar surface area (TPSA) is 52.6 Å². The Balaban J connectivity index is 1.38. The van der Waals surface area contributed by atoms with Gasteiger partial charge in [0.15, 0.2) is 13.1 Å². The number of nitrogens with zero attached hydrogens (tertiary/aromatic N) is 1. The Bertz CT molecular complexity index is 738. The molecule has 4 aliphatic carbocycles. The van der Waals surface area contributed by atoms with Crippen LogP contribution in [0.25, 0.3) is 0 Å². The van der Waals surface area contributed by atoms with E-state index < -0.39 is 0 Å². The molecule has 5 nitrogen and oxygen atoms in total. The molecule has 0 unspecified atom stereocenters. The third kappa shape index (κ3) is 3.58. The maximum atomic E-state index is 13.1. The van der Waals surface area contributed by atoms with Crippen LogP contribution in [-0.4, -0.2) is 54.8 Å². The molecule has 4 rings (SSSR count). The van der Waals surface area contributed by atoms with Crippen molar-refractivity contribution in [3.05, 3.63) is 0 Å². The van der Waals surface area contributed by atoms with Crippen molar-refractivity contribution >= 4 is 11.9 Å². The van der Waals surface area contributed by atoms with Crippen molar-refractivity contribution in [1.29, 1.82) is 0 Å². The molecule has 4 aliphatic rings. The third-order valence-electron chi connectivity index (χ3n) is 12.2. The summed E-state index contributed by atoms with van der Waals surface area (Å²) >= 11 is 0. The van der Waals surface area contributed by atoms with Crippen LogP contribution < -0.4 is 0 Å². The molecule has 6 atom stereocenters. The number of ether oxygens (including phenoxy) is 2. The van der Waals surface area contributed by atoms with Gasteiger partial charge < -0.3 is 14.0 Å². The quantitative estimate of drug-likeness (QED) is 0.360. The SMILES string of the molecule is CC[N+](CC)(CC(=O)O[C@H]1C[C@H]2CC[C@]1(C)C2(C)C)CC(=O)O[C@H]1C[C@H]2CC[C@@]1(C)C2(C)C. The van der Waals surface area contributed by atoms with Gasteiger partial charge in [-0.1, -0.05) is 41.5 Å². The van der Waals surface area contributed by atoms with Gasteiger partial charge >= 0.3 is 11.9 Å². The summed E-state index contributed by atoms with van der Waals surface area (Å²) in [4.78, 5) is 26.3. The third-order valence-corrected chi connectivity index (χ3v) is 12.2. The van der Waals surface area contributed by atoms with Crippen LogP contribution in [0.1, 0.15) is 93.9 Å². The summed E-state index contributed by atoms with van der Waals surface area (Å²) in [6.07, 6.45) is 6.70. The highest BCUT2D eigenvalue weighted by Crippen LogP contribution is 2.67. The average molecular weight is 463 g/mol. The summed E-state index contributed by atoms with van der Waals surface area (Å²) in [5.74, 6) is 0.960. The van der Waals surface area contributed by atoms with Crippen molar-refractivity contribution in [3.8, 4) is 0 Å². The first kappa shape index (κ1) is 25.0. The molecule has 33 heavy (non-hydrogen) atoms. The lowest BCUT2D eigenvalue weighted by Gasteiger charge is -2.40. The van der Waals surface area contributed by atoms with Gasteiger partial charge in [-0.3, -0.25) is 0 Å². The molecule has 0 N–H and O–H groups in total. The first-order valence-corrected chi connectivity index (χ1v) is 13.5. The van der Waals surface area contributed by atoms with Crippen molar-refractivity contribution < 1.29 is 23.5 Å². The van der Waals surface area contributed by atoms with E-state index in [4.69, 9.17) is 9.47 Å². The lowest BCUT2D eigenvalue weighted by molar-refractivity contribution is -0.911. The maximum Gasteiger partial charge on any atom is 0.362 e. The van der Waals surface area contributed by atoms with Gasteiger partial charge in [0.1, 0.15) is 12.2 Å². The smallest absolute Gasteiger partial charge is 0.362 e. The molecule has 0 radical (unpaired) electrons. The lowest BCUT2D eigenvalue weighted by atomic mass is 9.70. The second kappa shape index (κ2) is 7.96. The summed E-state index contributed by atoms with van der Waals surface area (Å²) in [6.45, 7) is 20.0. The predicted molar refractivity (Wildman–Crippen MR) is 129 cm³/mol. The number of fused-ring (bicyclic) bond motifs is 4. The van der Waals surface area contributed by atoms with E-state index in [-0.39, 0.29) is 58.9 Å². The van der Waals surface area contributed by atoms with Gasteiger partial charge in [-0.05, 0) is 75.0 Å². The summed E-state index contributed by atoms with van der Waals surface area (Å²) in [6, 6.07) is 0. The maximum absolute atomic E-state index is 13.1. The monoisotopic (exact) mass is 462 g/mol. The molecule has 4 saturated carbocycles. The molecule has 0 aromatic carbocycles. The number of hydrogen-bond acceptors (Lipinski definition) is 4. The van der Waals surface area contributed by atoms with E-state index >= 15 is 0 Å². The van der Waals surface area contributed by atoms with E-state index in [9.17, 15) is 9.59 Å². The van der Waals surface area contributed by atoms with Crippen LogP contribution in [0.15, 0.2) is 0 Å².